The van der Waals surface area contributed by atoms with Gasteiger partial charge in [-0.3, -0.25) is 4.79 Å². The maximum absolute atomic E-state index is 12.3. The summed E-state index contributed by atoms with van der Waals surface area (Å²) in [5.41, 5.74) is 0.688. The molecule has 0 spiro atoms. The third kappa shape index (κ3) is 2.79. The van der Waals surface area contributed by atoms with E-state index in [0.29, 0.717) is 5.56 Å². The number of benzene rings is 1. The minimum Gasteiger partial charge on any atom is -0.336 e. The molecule has 0 aliphatic heterocycles. The lowest BCUT2D eigenvalue weighted by atomic mass is 10.1. The van der Waals surface area contributed by atoms with Crippen LogP contribution in [0.5, 0.6) is 0 Å². The van der Waals surface area contributed by atoms with Crippen molar-refractivity contribution in [1.82, 2.24) is 4.90 Å². The molecule has 2 nitrogen and oxygen atoms in total. The molecule has 3 heteroatoms. The fraction of sp³-hybridized carbons (Fsp3) is 0.462. The summed E-state index contributed by atoms with van der Waals surface area (Å²) in [5, 5.41) is 0. The van der Waals surface area contributed by atoms with Gasteiger partial charge in [0.05, 0.1) is 5.56 Å². The first-order valence-electron chi connectivity index (χ1n) is 5.70. The molecule has 0 fully saturated rings. The SMILES string of the molecule is CCC(C)N(CC)C(=O)c1ccccc1S. The van der Waals surface area contributed by atoms with E-state index in [9.17, 15) is 4.79 Å². The number of carbonyl (C=O) groups excluding carboxylic acids is 1. The number of thiol groups is 1. The number of amides is 1. The fourth-order valence-electron chi connectivity index (χ4n) is 1.69. The van der Waals surface area contributed by atoms with Gasteiger partial charge in [0.25, 0.3) is 5.91 Å². The predicted octanol–water partition coefficient (Wildman–Crippen LogP) is 3.24. The van der Waals surface area contributed by atoms with E-state index < -0.39 is 0 Å². The Morgan fingerprint density at radius 2 is 2.00 bits per heavy atom. The molecule has 1 unspecified atom stereocenters. The monoisotopic (exact) mass is 237 g/mol. The average molecular weight is 237 g/mol. The molecular weight excluding hydrogens is 218 g/mol. The van der Waals surface area contributed by atoms with Gasteiger partial charge in [-0.2, -0.15) is 0 Å². The van der Waals surface area contributed by atoms with Crippen LogP contribution in [-0.4, -0.2) is 23.4 Å². The van der Waals surface area contributed by atoms with Crippen LogP contribution in [0.25, 0.3) is 0 Å². The number of rotatable bonds is 4. The first kappa shape index (κ1) is 13.1. The largest absolute Gasteiger partial charge is 0.336 e. The molecule has 0 aliphatic carbocycles. The van der Waals surface area contributed by atoms with Crippen molar-refractivity contribution < 1.29 is 4.79 Å². The van der Waals surface area contributed by atoms with Gasteiger partial charge in [0.1, 0.15) is 0 Å². The maximum atomic E-state index is 12.3. The lowest BCUT2D eigenvalue weighted by Crippen LogP contribution is -2.38. The van der Waals surface area contributed by atoms with E-state index in [1.54, 1.807) is 0 Å². The highest BCUT2D eigenvalue weighted by Gasteiger charge is 2.19. The van der Waals surface area contributed by atoms with E-state index in [0.717, 1.165) is 17.9 Å². The summed E-state index contributed by atoms with van der Waals surface area (Å²) in [6.45, 7) is 6.90. The van der Waals surface area contributed by atoms with E-state index in [1.165, 1.54) is 0 Å². The normalized spacial score (nSPS) is 12.2. The molecule has 1 aromatic rings. The minimum atomic E-state index is 0.0717. The first-order chi connectivity index (χ1) is 7.61. The van der Waals surface area contributed by atoms with Crippen molar-refractivity contribution in [2.45, 2.75) is 38.1 Å². The average Bonchev–Trinajstić information content (AvgIpc) is 2.30. The molecule has 1 atom stereocenters. The number of carbonyl (C=O) groups is 1. The molecular formula is C13H19NOS. The molecule has 0 aromatic heterocycles. The molecule has 1 rings (SSSR count). The topological polar surface area (TPSA) is 20.3 Å². The van der Waals surface area contributed by atoms with Crippen molar-refractivity contribution in [1.29, 1.82) is 0 Å². The van der Waals surface area contributed by atoms with Crippen molar-refractivity contribution in [3.8, 4) is 0 Å². The quantitative estimate of drug-likeness (QED) is 0.797. The second-order valence-electron chi connectivity index (χ2n) is 3.87. The van der Waals surface area contributed by atoms with Gasteiger partial charge in [-0.05, 0) is 32.4 Å². The van der Waals surface area contributed by atoms with Gasteiger partial charge in [-0.25, -0.2) is 0 Å². The highest BCUT2D eigenvalue weighted by molar-refractivity contribution is 7.80. The van der Waals surface area contributed by atoms with E-state index in [2.05, 4.69) is 26.5 Å². The summed E-state index contributed by atoms with van der Waals surface area (Å²) in [7, 11) is 0. The van der Waals surface area contributed by atoms with Gasteiger partial charge < -0.3 is 4.90 Å². The predicted molar refractivity (Wildman–Crippen MR) is 70.2 cm³/mol. The first-order valence-corrected chi connectivity index (χ1v) is 6.15. The minimum absolute atomic E-state index is 0.0717. The summed E-state index contributed by atoms with van der Waals surface area (Å²) >= 11 is 4.32. The van der Waals surface area contributed by atoms with Gasteiger partial charge in [0.15, 0.2) is 0 Å². The Hall–Kier alpha value is -0.960. The van der Waals surface area contributed by atoms with Crippen LogP contribution in [0, 0.1) is 0 Å². The fourth-order valence-corrected chi connectivity index (χ4v) is 1.94. The second kappa shape index (κ2) is 5.94. The van der Waals surface area contributed by atoms with Crippen molar-refractivity contribution in [3.63, 3.8) is 0 Å². The molecule has 1 amide bonds. The summed E-state index contributed by atoms with van der Waals surface area (Å²) in [6, 6.07) is 7.71. The van der Waals surface area contributed by atoms with Crippen LogP contribution in [0.2, 0.25) is 0 Å². The van der Waals surface area contributed by atoms with Crippen LogP contribution < -0.4 is 0 Å². The molecule has 0 saturated heterocycles. The number of hydrogen-bond donors (Lipinski definition) is 1. The highest BCUT2D eigenvalue weighted by Crippen LogP contribution is 2.17. The molecule has 1 aromatic carbocycles. The number of hydrogen-bond acceptors (Lipinski definition) is 2. The van der Waals surface area contributed by atoms with Crippen LogP contribution in [0.15, 0.2) is 29.2 Å². The zero-order valence-electron chi connectivity index (χ0n) is 10.1. The summed E-state index contributed by atoms with van der Waals surface area (Å²) in [5.74, 6) is 0.0717. The zero-order valence-corrected chi connectivity index (χ0v) is 11.0. The third-order valence-electron chi connectivity index (χ3n) is 2.86. The highest BCUT2D eigenvalue weighted by atomic mass is 32.1. The lowest BCUT2D eigenvalue weighted by molar-refractivity contribution is 0.0696. The van der Waals surface area contributed by atoms with Crippen LogP contribution in [-0.2, 0) is 0 Å². The Bertz CT molecular complexity index is 365. The zero-order chi connectivity index (χ0) is 12.1. The van der Waals surface area contributed by atoms with Gasteiger partial charge in [-0.1, -0.05) is 19.1 Å². The Morgan fingerprint density at radius 1 is 1.38 bits per heavy atom. The van der Waals surface area contributed by atoms with Crippen molar-refractivity contribution in [2.24, 2.45) is 0 Å². The van der Waals surface area contributed by atoms with Crippen LogP contribution in [0.3, 0.4) is 0 Å². The third-order valence-corrected chi connectivity index (χ3v) is 3.25. The van der Waals surface area contributed by atoms with E-state index in [4.69, 9.17) is 0 Å². The Kier molecular flexibility index (Phi) is 4.87. The smallest absolute Gasteiger partial charge is 0.255 e. The molecule has 88 valence electrons. The molecule has 0 N–H and O–H groups in total. The molecule has 0 heterocycles. The van der Waals surface area contributed by atoms with Gasteiger partial charge >= 0.3 is 0 Å². The van der Waals surface area contributed by atoms with E-state index in [-0.39, 0.29) is 11.9 Å². The van der Waals surface area contributed by atoms with Crippen LogP contribution in [0.4, 0.5) is 0 Å². The van der Waals surface area contributed by atoms with Crippen molar-refractivity contribution in [3.05, 3.63) is 29.8 Å². The Morgan fingerprint density at radius 3 is 2.50 bits per heavy atom. The Balaban J connectivity index is 2.96. The van der Waals surface area contributed by atoms with E-state index >= 15 is 0 Å². The molecule has 0 radical (unpaired) electrons. The van der Waals surface area contributed by atoms with Crippen molar-refractivity contribution in [2.75, 3.05) is 6.54 Å². The summed E-state index contributed by atoms with van der Waals surface area (Å²) in [4.78, 5) is 14.9. The molecule has 0 aliphatic rings. The second-order valence-corrected chi connectivity index (χ2v) is 4.35. The summed E-state index contributed by atoms with van der Waals surface area (Å²) in [6.07, 6.45) is 0.967. The van der Waals surface area contributed by atoms with Crippen molar-refractivity contribution >= 4 is 18.5 Å². The molecule has 0 bridgehead atoms. The maximum Gasteiger partial charge on any atom is 0.255 e. The van der Waals surface area contributed by atoms with Crippen LogP contribution >= 0.6 is 12.6 Å². The summed E-state index contributed by atoms with van der Waals surface area (Å²) < 4.78 is 0. The number of nitrogens with zero attached hydrogens (tertiary/aromatic N) is 1. The molecule has 16 heavy (non-hydrogen) atoms. The van der Waals surface area contributed by atoms with Crippen LogP contribution in [0.1, 0.15) is 37.6 Å². The van der Waals surface area contributed by atoms with Gasteiger partial charge in [0, 0.05) is 17.5 Å². The van der Waals surface area contributed by atoms with Gasteiger partial charge in [-0.15, -0.1) is 12.6 Å². The Labute approximate surface area is 103 Å². The lowest BCUT2D eigenvalue weighted by Gasteiger charge is -2.27. The van der Waals surface area contributed by atoms with Gasteiger partial charge in [0.2, 0.25) is 0 Å². The van der Waals surface area contributed by atoms with E-state index in [1.807, 2.05) is 36.1 Å². The molecule has 0 saturated carbocycles. The standard InChI is InChI=1S/C13H19NOS/c1-4-10(3)14(5-2)13(15)11-8-6-7-9-12(11)16/h6-10,16H,4-5H2,1-3H3.